The molecule has 5 aromatic rings. The molecule has 9 heteroatoms. The molecular weight excluding hydrogens is 456 g/mol. The monoisotopic (exact) mass is 480 g/mol. The standard InChI is InChI=1S/C27H24N6O3/c1-15-25(17(3)36-32-15)20-12-22-21(11-19(20)9-10-24(34)35)26-23(13-29-22)31-27(30-14-28)33(26)16(2)18-7-5-4-6-8-18/h4-8,11-13,16H,9-10H2,1-3H3,(H,30,31)(H,34,35)/t16-/m1/s1. The number of aromatic amines is 1. The van der Waals surface area contributed by atoms with Crippen LogP contribution in [0.5, 0.6) is 0 Å². The van der Waals surface area contributed by atoms with Crippen molar-refractivity contribution in [2.75, 3.05) is 0 Å². The van der Waals surface area contributed by atoms with E-state index in [2.05, 4.69) is 27.0 Å². The summed E-state index contributed by atoms with van der Waals surface area (Å²) in [6, 6.07) is 13.8. The van der Waals surface area contributed by atoms with Gasteiger partial charge in [-0.15, -0.1) is 4.99 Å². The van der Waals surface area contributed by atoms with E-state index in [9.17, 15) is 15.2 Å². The largest absolute Gasteiger partial charge is 0.481 e. The first-order valence-corrected chi connectivity index (χ1v) is 11.6. The zero-order valence-electron chi connectivity index (χ0n) is 20.1. The van der Waals surface area contributed by atoms with E-state index in [1.54, 1.807) is 6.20 Å². The molecule has 0 saturated carbocycles. The number of nitrogens with zero attached hydrogens (tertiary/aromatic N) is 5. The van der Waals surface area contributed by atoms with Gasteiger partial charge in [0, 0.05) is 17.4 Å². The third-order valence-electron chi connectivity index (χ3n) is 6.52. The normalized spacial score (nSPS) is 12.8. The molecule has 0 saturated heterocycles. The zero-order chi connectivity index (χ0) is 25.4. The third kappa shape index (κ3) is 3.92. The number of aryl methyl sites for hydroxylation is 3. The SMILES string of the molecule is Cc1noc(C)c1-c1cc2ncc3[nH]/c(=N\C#N)n([C@H](C)c4ccccc4)c3c2cc1CCC(=O)O. The van der Waals surface area contributed by atoms with Gasteiger partial charge in [0.2, 0.25) is 11.8 Å². The molecule has 0 radical (unpaired) electrons. The van der Waals surface area contributed by atoms with Crippen molar-refractivity contribution in [2.45, 2.75) is 39.7 Å². The van der Waals surface area contributed by atoms with Crippen LogP contribution in [-0.4, -0.2) is 30.8 Å². The lowest BCUT2D eigenvalue weighted by Gasteiger charge is -2.17. The lowest BCUT2D eigenvalue weighted by Crippen LogP contribution is -2.22. The Labute approximate surface area is 206 Å². The van der Waals surface area contributed by atoms with Gasteiger partial charge in [0.1, 0.15) is 5.76 Å². The molecule has 0 unspecified atom stereocenters. The maximum Gasteiger partial charge on any atom is 0.303 e. The Kier molecular flexibility index (Phi) is 5.86. The third-order valence-corrected chi connectivity index (χ3v) is 6.52. The first kappa shape index (κ1) is 23.1. The molecule has 0 aliphatic rings. The number of hydrogen-bond acceptors (Lipinski definition) is 6. The lowest BCUT2D eigenvalue weighted by atomic mass is 9.93. The fourth-order valence-electron chi connectivity index (χ4n) is 4.84. The fraction of sp³-hybridized carbons (Fsp3) is 0.222. The van der Waals surface area contributed by atoms with Crippen LogP contribution in [0.15, 0.2) is 58.2 Å². The van der Waals surface area contributed by atoms with E-state index in [0.717, 1.165) is 49.9 Å². The highest BCUT2D eigenvalue weighted by atomic mass is 16.5. The number of carbonyl (C=O) groups is 1. The number of carboxylic acid groups (broad SMARTS) is 1. The second-order valence-corrected chi connectivity index (χ2v) is 8.76. The molecular formula is C27H24N6O3. The summed E-state index contributed by atoms with van der Waals surface area (Å²) < 4.78 is 7.40. The zero-order valence-corrected chi connectivity index (χ0v) is 20.1. The Morgan fingerprint density at radius 1 is 1.28 bits per heavy atom. The predicted octanol–water partition coefficient (Wildman–Crippen LogP) is 4.80. The Bertz CT molecular complexity index is 1700. The smallest absolute Gasteiger partial charge is 0.303 e. The number of imidazole rings is 1. The summed E-state index contributed by atoms with van der Waals surface area (Å²) in [5.41, 5.74) is 7.06. The van der Waals surface area contributed by atoms with Crippen molar-refractivity contribution < 1.29 is 14.4 Å². The first-order chi connectivity index (χ1) is 17.4. The van der Waals surface area contributed by atoms with Gasteiger partial charge in [-0.2, -0.15) is 5.26 Å². The highest BCUT2D eigenvalue weighted by Crippen LogP contribution is 2.36. The molecule has 180 valence electrons. The minimum absolute atomic E-state index is 0.0200. The van der Waals surface area contributed by atoms with Gasteiger partial charge < -0.3 is 19.2 Å². The van der Waals surface area contributed by atoms with Crippen LogP contribution in [0.1, 0.15) is 42.0 Å². The molecule has 1 atom stereocenters. The van der Waals surface area contributed by atoms with Crippen LogP contribution in [0.25, 0.3) is 33.1 Å². The number of benzene rings is 2. The molecule has 0 spiro atoms. The van der Waals surface area contributed by atoms with Gasteiger partial charge in [-0.05, 0) is 56.0 Å². The lowest BCUT2D eigenvalue weighted by molar-refractivity contribution is -0.136. The summed E-state index contributed by atoms with van der Waals surface area (Å²) in [5, 5.41) is 23.7. The quantitative estimate of drug-likeness (QED) is 0.336. The Morgan fingerprint density at radius 3 is 2.72 bits per heavy atom. The molecule has 0 amide bonds. The summed E-state index contributed by atoms with van der Waals surface area (Å²) in [6.07, 6.45) is 3.93. The molecule has 3 aromatic heterocycles. The maximum absolute atomic E-state index is 11.5. The van der Waals surface area contributed by atoms with Gasteiger partial charge >= 0.3 is 5.97 Å². The Morgan fingerprint density at radius 2 is 2.06 bits per heavy atom. The van der Waals surface area contributed by atoms with Crippen LogP contribution in [0, 0.1) is 25.3 Å². The number of pyridine rings is 1. The van der Waals surface area contributed by atoms with Crippen LogP contribution in [0.4, 0.5) is 0 Å². The van der Waals surface area contributed by atoms with Crippen LogP contribution in [0.3, 0.4) is 0 Å². The fourth-order valence-corrected chi connectivity index (χ4v) is 4.84. The van der Waals surface area contributed by atoms with Crippen LogP contribution in [-0.2, 0) is 11.2 Å². The molecule has 36 heavy (non-hydrogen) atoms. The average molecular weight is 481 g/mol. The number of carboxylic acids is 1. The van der Waals surface area contributed by atoms with Crippen molar-refractivity contribution in [1.82, 2.24) is 19.7 Å². The van der Waals surface area contributed by atoms with Crippen molar-refractivity contribution >= 4 is 27.9 Å². The maximum atomic E-state index is 11.5. The molecule has 0 fully saturated rings. The van der Waals surface area contributed by atoms with E-state index >= 15 is 0 Å². The van der Waals surface area contributed by atoms with Gasteiger partial charge in [-0.3, -0.25) is 9.78 Å². The molecule has 2 aromatic carbocycles. The van der Waals surface area contributed by atoms with Gasteiger partial charge in [0.05, 0.1) is 34.5 Å². The number of rotatable bonds is 6. The van der Waals surface area contributed by atoms with Gasteiger partial charge in [-0.1, -0.05) is 35.5 Å². The van der Waals surface area contributed by atoms with E-state index in [-0.39, 0.29) is 12.5 Å². The summed E-state index contributed by atoms with van der Waals surface area (Å²) in [5.74, 6) is -0.213. The minimum atomic E-state index is -0.874. The molecule has 5 rings (SSSR count). The summed E-state index contributed by atoms with van der Waals surface area (Å²) >= 11 is 0. The van der Waals surface area contributed by atoms with Crippen molar-refractivity contribution in [3.05, 3.63) is 76.9 Å². The molecule has 3 heterocycles. The number of hydrogen-bond donors (Lipinski definition) is 2. The first-order valence-electron chi connectivity index (χ1n) is 11.6. The van der Waals surface area contributed by atoms with E-state index in [1.165, 1.54) is 0 Å². The number of nitriles is 1. The molecule has 0 aliphatic carbocycles. The van der Waals surface area contributed by atoms with E-state index in [4.69, 9.17) is 4.52 Å². The van der Waals surface area contributed by atoms with E-state index in [0.29, 0.717) is 17.8 Å². The topological polar surface area (TPSA) is 133 Å². The second-order valence-electron chi connectivity index (χ2n) is 8.76. The number of nitrogens with one attached hydrogen (secondary N) is 1. The molecule has 0 bridgehead atoms. The minimum Gasteiger partial charge on any atom is -0.481 e. The van der Waals surface area contributed by atoms with Gasteiger partial charge in [-0.25, -0.2) is 0 Å². The van der Waals surface area contributed by atoms with Crippen LogP contribution < -0.4 is 5.62 Å². The van der Waals surface area contributed by atoms with Crippen molar-refractivity contribution in [1.29, 1.82) is 5.26 Å². The molecule has 2 N–H and O–H groups in total. The number of fused-ring (bicyclic) bond motifs is 3. The van der Waals surface area contributed by atoms with Crippen LogP contribution >= 0.6 is 0 Å². The average Bonchev–Trinajstić information content (AvgIpc) is 3.41. The van der Waals surface area contributed by atoms with E-state index in [1.807, 2.05) is 67.1 Å². The van der Waals surface area contributed by atoms with Gasteiger partial charge in [0.25, 0.3) is 0 Å². The number of aromatic nitrogens is 4. The highest BCUT2D eigenvalue weighted by molar-refractivity contribution is 6.04. The van der Waals surface area contributed by atoms with Gasteiger partial charge in [0.15, 0.2) is 0 Å². The Balaban J connectivity index is 1.85. The predicted molar refractivity (Wildman–Crippen MR) is 134 cm³/mol. The number of aliphatic carboxylic acids is 1. The van der Waals surface area contributed by atoms with E-state index < -0.39 is 5.97 Å². The highest BCUT2D eigenvalue weighted by Gasteiger charge is 2.21. The summed E-state index contributed by atoms with van der Waals surface area (Å²) in [4.78, 5) is 23.4. The van der Waals surface area contributed by atoms with Crippen molar-refractivity contribution in [3.63, 3.8) is 0 Å². The molecule has 0 aliphatic heterocycles. The van der Waals surface area contributed by atoms with Crippen molar-refractivity contribution in [2.24, 2.45) is 4.99 Å². The van der Waals surface area contributed by atoms with Crippen LogP contribution in [0.2, 0.25) is 0 Å². The second kappa shape index (κ2) is 9.15. The molecule has 9 nitrogen and oxygen atoms in total. The summed E-state index contributed by atoms with van der Waals surface area (Å²) in [7, 11) is 0. The Hall–Kier alpha value is -4.71. The summed E-state index contributed by atoms with van der Waals surface area (Å²) in [6.45, 7) is 5.76. The van der Waals surface area contributed by atoms with Crippen molar-refractivity contribution in [3.8, 4) is 17.3 Å². The number of H-pyrrole nitrogens is 1.